The Morgan fingerprint density at radius 1 is 0.837 bits per heavy atom. The summed E-state index contributed by atoms with van der Waals surface area (Å²) < 4.78 is 26.9. The van der Waals surface area contributed by atoms with Crippen LogP contribution in [0.25, 0.3) is 11.1 Å². The van der Waals surface area contributed by atoms with Crippen LogP contribution in [0.1, 0.15) is 50.7 Å². The normalized spacial score (nSPS) is 13.1. The van der Waals surface area contributed by atoms with Crippen molar-refractivity contribution in [3.8, 4) is 11.1 Å². The highest BCUT2D eigenvalue weighted by Gasteiger charge is 2.30. The summed E-state index contributed by atoms with van der Waals surface area (Å²) in [6.07, 6.45) is -0.769. The third-order valence-electron chi connectivity index (χ3n) is 6.53. The van der Waals surface area contributed by atoms with Gasteiger partial charge in [-0.1, -0.05) is 48.5 Å². The number of hydrogen-bond acceptors (Lipinski definition) is 9. The first-order valence-electron chi connectivity index (χ1n) is 14.6. The van der Waals surface area contributed by atoms with Crippen LogP contribution in [0.5, 0.6) is 0 Å². The number of aliphatic hydroxyl groups excluding tert-OH is 1. The second-order valence-electron chi connectivity index (χ2n) is 11.0. The lowest BCUT2D eigenvalue weighted by Crippen LogP contribution is -2.48. The molecule has 2 aromatic rings. The molecule has 3 N–H and O–H groups in total. The summed E-state index contributed by atoms with van der Waals surface area (Å²) in [6, 6.07) is 15.0. The second-order valence-corrected chi connectivity index (χ2v) is 11.0. The van der Waals surface area contributed by atoms with Gasteiger partial charge in [0.1, 0.15) is 18.2 Å². The Bertz CT molecular complexity index is 1140. The lowest BCUT2D eigenvalue weighted by Gasteiger charge is -2.22. The predicted octanol–water partition coefficient (Wildman–Crippen LogP) is 3.17. The Hall–Kier alpha value is -3.51. The van der Waals surface area contributed by atoms with Gasteiger partial charge >= 0.3 is 12.1 Å². The van der Waals surface area contributed by atoms with E-state index in [-0.39, 0.29) is 51.7 Å². The van der Waals surface area contributed by atoms with Gasteiger partial charge < -0.3 is 39.4 Å². The van der Waals surface area contributed by atoms with Crippen LogP contribution >= 0.6 is 0 Å². The fourth-order valence-electron chi connectivity index (χ4n) is 4.68. The summed E-state index contributed by atoms with van der Waals surface area (Å²) >= 11 is 0. The number of benzene rings is 2. The summed E-state index contributed by atoms with van der Waals surface area (Å²) in [6.45, 7) is 7.54. The quantitative estimate of drug-likeness (QED) is 0.174. The van der Waals surface area contributed by atoms with Crippen molar-refractivity contribution in [1.29, 1.82) is 0 Å². The maximum Gasteiger partial charge on any atom is 0.407 e. The van der Waals surface area contributed by atoms with Crippen LogP contribution in [0.2, 0.25) is 0 Å². The van der Waals surface area contributed by atoms with Crippen molar-refractivity contribution in [3.63, 3.8) is 0 Å². The minimum atomic E-state index is -1.01. The molecule has 3 rings (SSSR count). The number of carbonyl (C=O) groups excluding carboxylic acids is 3. The predicted molar refractivity (Wildman–Crippen MR) is 160 cm³/mol. The van der Waals surface area contributed by atoms with Crippen LogP contribution in [0, 0.1) is 0 Å². The molecule has 1 aliphatic rings. The summed E-state index contributed by atoms with van der Waals surface area (Å²) in [5.74, 6) is -1.05. The first-order valence-corrected chi connectivity index (χ1v) is 14.6. The summed E-state index contributed by atoms with van der Waals surface area (Å²) in [7, 11) is 0. The third kappa shape index (κ3) is 11.6. The standard InChI is InChI=1S/C32H44N2O9/c1-32(2,3)43-29(36)13-12-28(30(37)33-14-16-39-18-20-41-21-19-40-17-15-35)34-31(38)42-22-27-25-10-6-4-8-23(25)24-9-5-7-11-26(24)27/h4-11,27-28,35H,12-22H2,1-3H3,(H,33,37)(H,34,38)/t28-/m0/s1. The Kier molecular flexibility index (Phi) is 13.9. The molecule has 0 heterocycles. The molecule has 11 heteroatoms. The maximum atomic E-state index is 13.0. The van der Waals surface area contributed by atoms with E-state index in [1.54, 1.807) is 20.8 Å². The molecule has 0 unspecified atom stereocenters. The van der Waals surface area contributed by atoms with Crippen LogP contribution in [0.3, 0.4) is 0 Å². The van der Waals surface area contributed by atoms with Crippen LogP contribution in [-0.2, 0) is 33.3 Å². The molecule has 0 saturated heterocycles. The van der Waals surface area contributed by atoms with Gasteiger partial charge in [-0.15, -0.1) is 0 Å². The van der Waals surface area contributed by atoms with Gasteiger partial charge in [0.05, 0.1) is 46.2 Å². The van der Waals surface area contributed by atoms with Crippen molar-refractivity contribution in [2.75, 3.05) is 59.4 Å². The molecule has 0 saturated carbocycles. The zero-order valence-electron chi connectivity index (χ0n) is 25.3. The molecule has 0 bridgehead atoms. The largest absolute Gasteiger partial charge is 0.460 e. The Morgan fingerprint density at radius 3 is 1.98 bits per heavy atom. The maximum absolute atomic E-state index is 13.0. The summed E-state index contributed by atoms with van der Waals surface area (Å²) in [4.78, 5) is 38.2. The average Bonchev–Trinajstić information content (AvgIpc) is 3.29. The molecular formula is C32H44N2O9. The molecule has 2 amide bonds. The Labute approximate surface area is 253 Å². The Morgan fingerprint density at radius 2 is 1.40 bits per heavy atom. The number of nitrogens with one attached hydrogen (secondary N) is 2. The molecule has 1 atom stereocenters. The number of ether oxygens (including phenoxy) is 5. The molecule has 0 spiro atoms. The van der Waals surface area contributed by atoms with Crippen LogP contribution in [0.4, 0.5) is 4.79 Å². The molecule has 236 valence electrons. The molecule has 0 radical (unpaired) electrons. The van der Waals surface area contributed by atoms with E-state index in [2.05, 4.69) is 22.8 Å². The zero-order valence-corrected chi connectivity index (χ0v) is 25.3. The van der Waals surface area contributed by atoms with E-state index in [0.717, 1.165) is 22.3 Å². The molecule has 0 aromatic heterocycles. The molecule has 2 aromatic carbocycles. The highest BCUT2D eigenvalue weighted by atomic mass is 16.6. The van der Waals surface area contributed by atoms with Crippen molar-refractivity contribution in [3.05, 3.63) is 59.7 Å². The van der Waals surface area contributed by atoms with Crippen molar-refractivity contribution in [1.82, 2.24) is 10.6 Å². The molecular weight excluding hydrogens is 556 g/mol. The van der Waals surface area contributed by atoms with E-state index < -0.39 is 29.6 Å². The number of rotatable bonds is 18. The number of carbonyl (C=O) groups is 3. The number of esters is 1. The van der Waals surface area contributed by atoms with Gasteiger partial charge in [-0.2, -0.15) is 0 Å². The third-order valence-corrected chi connectivity index (χ3v) is 6.53. The van der Waals surface area contributed by atoms with E-state index >= 15 is 0 Å². The SMILES string of the molecule is CC(C)(C)OC(=O)CC[C@H](NC(=O)OCC1c2ccccc2-c2ccccc21)C(=O)NCCOCCOCCOCCO. The minimum Gasteiger partial charge on any atom is -0.460 e. The summed E-state index contributed by atoms with van der Waals surface area (Å²) in [5, 5.41) is 14.0. The van der Waals surface area contributed by atoms with Gasteiger partial charge in [-0.25, -0.2) is 4.79 Å². The number of hydrogen-bond donors (Lipinski definition) is 3. The van der Waals surface area contributed by atoms with Crippen molar-refractivity contribution < 1.29 is 43.2 Å². The molecule has 0 fully saturated rings. The smallest absolute Gasteiger partial charge is 0.407 e. The van der Waals surface area contributed by atoms with Crippen molar-refractivity contribution in [2.24, 2.45) is 0 Å². The summed E-state index contributed by atoms with van der Waals surface area (Å²) in [5.41, 5.74) is 3.72. The van der Waals surface area contributed by atoms with Gasteiger partial charge in [-0.3, -0.25) is 9.59 Å². The van der Waals surface area contributed by atoms with Crippen LogP contribution in [0.15, 0.2) is 48.5 Å². The molecule has 43 heavy (non-hydrogen) atoms. The van der Waals surface area contributed by atoms with E-state index in [1.807, 2.05) is 36.4 Å². The van der Waals surface area contributed by atoms with Crippen LogP contribution < -0.4 is 10.6 Å². The Balaban J connectivity index is 1.48. The lowest BCUT2D eigenvalue weighted by molar-refractivity contribution is -0.155. The van der Waals surface area contributed by atoms with Crippen LogP contribution in [-0.4, -0.2) is 94.1 Å². The lowest BCUT2D eigenvalue weighted by atomic mass is 9.98. The van der Waals surface area contributed by atoms with Gasteiger partial charge in [0.2, 0.25) is 5.91 Å². The first-order chi connectivity index (χ1) is 20.7. The number of fused-ring (bicyclic) bond motifs is 3. The van der Waals surface area contributed by atoms with Crippen molar-refractivity contribution >= 4 is 18.0 Å². The first kappa shape index (κ1) is 34.0. The number of aliphatic hydroxyl groups is 1. The highest BCUT2D eigenvalue weighted by Crippen LogP contribution is 2.44. The number of amides is 2. The average molecular weight is 601 g/mol. The second kappa shape index (κ2) is 17.6. The van der Waals surface area contributed by atoms with E-state index in [1.165, 1.54) is 0 Å². The van der Waals surface area contributed by atoms with Gasteiger partial charge in [-0.05, 0) is 49.4 Å². The molecule has 0 aliphatic heterocycles. The minimum absolute atomic E-state index is 0.0299. The van der Waals surface area contributed by atoms with E-state index in [9.17, 15) is 14.4 Å². The molecule has 1 aliphatic carbocycles. The highest BCUT2D eigenvalue weighted by molar-refractivity contribution is 5.86. The van der Waals surface area contributed by atoms with Gasteiger partial charge in [0.15, 0.2) is 0 Å². The van der Waals surface area contributed by atoms with Crippen molar-refractivity contribution in [2.45, 2.75) is 51.2 Å². The number of alkyl carbamates (subject to hydrolysis) is 1. The van der Waals surface area contributed by atoms with E-state index in [0.29, 0.717) is 26.4 Å². The monoisotopic (exact) mass is 600 g/mol. The fraction of sp³-hybridized carbons (Fsp3) is 0.531. The topological polar surface area (TPSA) is 142 Å². The van der Waals surface area contributed by atoms with Gasteiger partial charge in [0.25, 0.3) is 0 Å². The fourth-order valence-corrected chi connectivity index (χ4v) is 4.68. The van der Waals surface area contributed by atoms with Gasteiger partial charge in [0, 0.05) is 18.9 Å². The van der Waals surface area contributed by atoms with E-state index in [4.69, 9.17) is 28.8 Å². The zero-order chi connectivity index (χ0) is 31.1. The molecule has 11 nitrogen and oxygen atoms in total.